The van der Waals surface area contributed by atoms with Crippen LogP contribution in [0.2, 0.25) is 0 Å². The molecule has 1 unspecified atom stereocenters. The molecule has 0 aromatic carbocycles. The first-order valence-corrected chi connectivity index (χ1v) is 7.72. The zero-order chi connectivity index (χ0) is 15.2. The van der Waals surface area contributed by atoms with E-state index in [-0.39, 0.29) is 18.4 Å². The normalized spacial score (nSPS) is 17.6. The second kappa shape index (κ2) is 7.25. The van der Waals surface area contributed by atoms with Crippen molar-refractivity contribution in [1.82, 2.24) is 10.6 Å². The molecule has 112 valence electrons. The minimum absolute atomic E-state index is 0.0293. The van der Waals surface area contributed by atoms with Crippen molar-refractivity contribution in [1.29, 1.82) is 0 Å². The van der Waals surface area contributed by atoms with Gasteiger partial charge >= 0.3 is 0 Å². The molecule has 1 saturated heterocycles. The number of carbonyl (C=O) groups is 2. The van der Waals surface area contributed by atoms with Gasteiger partial charge in [-0.15, -0.1) is 11.3 Å². The van der Waals surface area contributed by atoms with E-state index in [0.717, 1.165) is 16.9 Å². The van der Waals surface area contributed by atoms with E-state index >= 15 is 0 Å². The predicted octanol–water partition coefficient (Wildman–Crippen LogP) is 0.799. The minimum Gasteiger partial charge on any atom is -0.395 e. The van der Waals surface area contributed by atoms with Gasteiger partial charge < -0.3 is 15.7 Å². The Morgan fingerprint density at radius 1 is 1.62 bits per heavy atom. The molecule has 0 bridgehead atoms. The highest BCUT2D eigenvalue weighted by molar-refractivity contribution is 7.14. The molecule has 1 aromatic heterocycles. The maximum atomic E-state index is 12.2. The van der Waals surface area contributed by atoms with Crippen LogP contribution < -0.4 is 10.6 Å². The standard InChI is InChI=1S/C15H18N2O3S/c1-10-9-13(21-12(10)6-2-3-8-18)15(20)17-11-5-4-7-16-14(11)19/h9,11,18H,3-5,7-8H2,1H3,(H,16,19)(H,17,20). The third-order valence-electron chi connectivity index (χ3n) is 3.17. The fraction of sp³-hybridized carbons (Fsp3) is 0.467. The third kappa shape index (κ3) is 4.06. The first-order valence-electron chi connectivity index (χ1n) is 6.90. The summed E-state index contributed by atoms with van der Waals surface area (Å²) in [6.45, 7) is 2.60. The van der Waals surface area contributed by atoms with E-state index in [2.05, 4.69) is 22.5 Å². The van der Waals surface area contributed by atoms with Crippen LogP contribution in [0.3, 0.4) is 0 Å². The molecule has 1 aliphatic heterocycles. The summed E-state index contributed by atoms with van der Waals surface area (Å²) in [6.07, 6.45) is 1.96. The molecule has 2 heterocycles. The summed E-state index contributed by atoms with van der Waals surface area (Å²) in [5, 5.41) is 14.2. The number of aryl methyl sites for hydroxylation is 1. The van der Waals surface area contributed by atoms with Crippen LogP contribution in [0.15, 0.2) is 6.07 Å². The zero-order valence-electron chi connectivity index (χ0n) is 11.9. The fourth-order valence-electron chi connectivity index (χ4n) is 2.06. The molecule has 6 heteroatoms. The highest BCUT2D eigenvalue weighted by Gasteiger charge is 2.24. The van der Waals surface area contributed by atoms with E-state index in [1.807, 2.05) is 6.92 Å². The smallest absolute Gasteiger partial charge is 0.262 e. The van der Waals surface area contributed by atoms with E-state index in [9.17, 15) is 9.59 Å². The van der Waals surface area contributed by atoms with Gasteiger partial charge in [-0.3, -0.25) is 9.59 Å². The highest BCUT2D eigenvalue weighted by atomic mass is 32.1. The third-order valence-corrected chi connectivity index (χ3v) is 4.32. The maximum absolute atomic E-state index is 12.2. The van der Waals surface area contributed by atoms with Crippen molar-refractivity contribution in [3.63, 3.8) is 0 Å². The van der Waals surface area contributed by atoms with Gasteiger partial charge in [-0.1, -0.05) is 11.8 Å². The quantitative estimate of drug-likeness (QED) is 0.723. The lowest BCUT2D eigenvalue weighted by Crippen LogP contribution is -2.50. The highest BCUT2D eigenvalue weighted by Crippen LogP contribution is 2.21. The molecule has 0 aliphatic carbocycles. The van der Waals surface area contributed by atoms with E-state index < -0.39 is 6.04 Å². The zero-order valence-corrected chi connectivity index (χ0v) is 12.7. The van der Waals surface area contributed by atoms with Crippen LogP contribution in [-0.2, 0) is 4.79 Å². The summed E-state index contributed by atoms with van der Waals surface area (Å²) in [7, 11) is 0. The van der Waals surface area contributed by atoms with Gasteiger partial charge in [0.2, 0.25) is 5.91 Å². The van der Waals surface area contributed by atoms with Gasteiger partial charge in [-0.2, -0.15) is 0 Å². The molecule has 0 radical (unpaired) electrons. The lowest BCUT2D eigenvalue weighted by Gasteiger charge is -2.22. The second-order valence-corrected chi connectivity index (χ2v) is 5.91. The molecule has 2 rings (SSSR count). The molecular formula is C15H18N2O3S. The number of carbonyl (C=O) groups excluding carboxylic acids is 2. The van der Waals surface area contributed by atoms with Gasteiger partial charge in [-0.05, 0) is 31.4 Å². The minimum atomic E-state index is -0.447. The summed E-state index contributed by atoms with van der Waals surface area (Å²) < 4.78 is 0. The molecule has 21 heavy (non-hydrogen) atoms. The van der Waals surface area contributed by atoms with Crippen molar-refractivity contribution in [2.75, 3.05) is 13.2 Å². The number of amides is 2. The Kier molecular flexibility index (Phi) is 5.37. The molecule has 1 atom stereocenters. The number of thiophene rings is 1. The van der Waals surface area contributed by atoms with Crippen molar-refractivity contribution in [2.45, 2.75) is 32.2 Å². The average Bonchev–Trinajstić information content (AvgIpc) is 2.83. The van der Waals surface area contributed by atoms with Crippen molar-refractivity contribution < 1.29 is 14.7 Å². The van der Waals surface area contributed by atoms with Gasteiger partial charge in [0, 0.05) is 13.0 Å². The Hall–Kier alpha value is -1.84. The number of aliphatic hydroxyl groups excluding tert-OH is 1. The van der Waals surface area contributed by atoms with Crippen molar-refractivity contribution in [3.05, 3.63) is 21.4 Å². The van der Waals surface area contributed by atoms with Gasteiger partial charge in [-0.25, -0.2) is 0 Å². The number of piperidine rings is 1. The van der Waals surface area contributed by atoms with Crippen LogP contribution in [0, 0.1) is 18.8 Å². The molecule has 5 nitrogen and oxygen atoms in total. The maximum Gasteiger partial charge on any atom is 0.262 e. The largest absolute Gasteiger partial charge is 0.395 e. The molecule has 1 aromatic rings. The molecule has 2 amide bonds. The summed E-state index contributed by atoms with van der Waals surface area (Å²) >= 11 is 1.31. The van der Waals surface area contributed by atoms with E-state index in [4.69, 9.17) is 5.11 Å². The van der Waals surface area contributed by atoms with Gasteiger partial charge in [0.25, 0.3) is 5.91 Å². The van der Waals surface area contributed by atoms with Crippen molar-refractivity contribution in [3.8, 4) is 11.8 Å². The van der Waals surface area contributed by atoms with Crippen LogP contribution in [0.4, 0.5) is 0 Å². The summed E-state index contributed by atoms with van der Waals surface area (Å²) in [6, 6.07) is 1.33. The number of rotatable bonds is 3. The fourth-order valence-corrected chi connectivity index (χ4v) is 3.01. The first-order chi connectivity index (χ1) is 10.1. The SMILES string of the molecule is Cc1cc(C(=O)NC2CCCNC2=O)sc1C#CCCO. The van der Waals surface area contributed by atoms with Gasteiger partial charge in [0.05, 0.1) is 16.4 Å². The van der Waals surface area contributed by atoms with E-state index in [0.29, 0.717) is 24.3 Å². The van der Waals surface area contributed by atoms with Gasteiger partial charge in [0.1, 0.15) is 6.04 Å². The predicted molar refractivity (Wildman–Crippen MR) is 81.1 cm³/mol. The van der Waals surface area contributed by atoms with Crippen molar-refractivity contribution >= 4 is 23.2 Å². The Balaban J connectivity index is 2.04. The van der Waals surface area contributed by atoms with E-state index in [1.54, 1.807) is 6.07 Å². The molecule has 0 spiro atoms. The Morgan fingerprint density at radius 2 is 2.43 bits per heavy atom. The topological polar surface area (TPSA) is 78.4 Å². The van der Waals surface area contributed by atoms with Crippen LogP contribution >= 0.6 is 11.3 Å². The van der Waals surface area contributed by atoms with Crippen LogP contribution in [0.25, 0.3) is 0 Å². The monoisotopic (exact) mass is 306 g/mol. The Labute approximate surface area is 127 Å². The van der Waals surface area contributed by atoms with Crippen LogP contribution in [0.5, 0.6) is 0 Å². The lowest BCUT2D eigenvalue weighted by molar-refractivity contribution is -0.124. The molecular weight excluding hydrogens is 288 g/mol. The Morgan fingerprint density at radius 3 is 3.14 bits per heavy atom. The summed E-state index contributed by atoms with van der Waals surface area (Å²) in [4.78, 5) is 25.2. The summed E-state index contributed by atoms with van der Waals surface area (Å²) in [5.41, 5.74) is 0.934. The van der Waals surface area contributed by atoms with Gasteiger partial charge in [0.15, 0.2) is 0 Å². The van der Waals surface area contributed by atoms with E-state index in [1.165, 1.54) is 11.3 Å². The van der Waals surface area contributed by atoms with Crippen molar-refractivity contribution in [2.24, 2.45) is 0 Å². The first kappa shape index (κ1) is 15.5. The van der Waals surface area contributed by atoms with Crippen LogP contribution in [0.1, 0.15) is 39.4 Å². The number of nitrogens with one attached hydrogen (secondary N) is 2. The number of aliphatic hydroxyl groups is 1. The average molecular weight is 306 g/mol. The second-order valence-electron chi connectivity index (χ2n) is 4.86. The molecule has 3 N–H and O–H groups in total. The molecule has 1 fully saturated rings. The molecule has 0 saturated carbocycles. The van der Waals surface area contributed by atoms with Crippen LogP contribution in [-0.4, -0.2) is 36.1 Å². The Bertz CT molecular complexity index is 598. The number of hydrogen-bond acceptors (Lipinski definition) is 4. The number of hydrogen-bond donors (Lipinski definition) is 3. The lowest BCUT2D eigenvalue weighted by atomic mass is 10.1. The summed E-state index contributed by atoms with van der Waals surface area (Å²) in [5.74, 6) is 5.44. The molecule has 1 aliphatic rings.